The first-order chi connectivity index (χ1) is 18.4. The van der Waals surface area contributed by atoms with Crippen LogP contribution in [-0.4, -0.2) is 52.4 Å². The van der Waals surface area contributed by atoms with E-state index in [1.165, 1.54) is 11.8 Å². The van der Waals surface area contributed by atoms with Gasteiger partial charge in [-0.15, -0.1) is 0 Å². The molecule has 2 saturated heterocycles. The van der Waals surface area contributed by atoms with Gasteiger partial charge in [-0.2, -0.15) is 0 Å². The number of benzene rings is 2. The van der Waals surface area contributed by atoms with E-state index >= 15 is 0 Å². The van der Waals surface area contributed by atoms with Gasteiger partial charge in [0, 0.05) is 23.7 Å². The van der Waals surface area contributed by atoms with Crippen LogP contribution in [0.3, 0.4) is 0 Å². The molecule has 2 aromatic carbocycles. The molecular weight excluding hydrogens is 498 g/mol. The zero-order chi connectivity index (χ0) is 26.6. The van der Waals surface area contributed by atoms with E-state index in [-0.39, 0.29) is 18.0 Å². The summed E-state index contributed by atoms with van der Waals surface area (Å²) in [5.74, 6) is -0.405. The number of amidine groups is 1. The molecule has 0 saturated carbocycles. The number of aromatic nitrogens is 1. The zero-order valence-corrected chi connectivity index (χ0v) is 22.7. The van der Waals surface area contributed by atoms with Gasteiger partial charge in [-0.05, 0) is 93.4 Å². The lowest BCUT2D eigenvalue weighted by Crippen LogP contribution is -2.36. The molecule has 1 aromatic heterocycles. The summed E-state index contributed by atoms with van der Waals surface area (Å²) in [6, 6.07) is 19.1. The number of rotatable bonds is 7. The minimum absolute atomic E-state index is 0.0246. The molecule has 0 N–H and O–H groups in total. The number of carbonyl (C=O) groups is 2. The van der Waals surface area contributed by atoms with Crippen molar-refractivity contribution in [1.29, 1.82) is 0 Å². The van der Waals surface area contributed by atoms with E-state index in [0.717, 1.165) is 47.8 Å². The van der Waals surface area contributed by atoms with Crippen molar-refractivity contribution in [2.24, 2.45) is 4.99 Å². The van der Waals surface area contributed by atoms with Gasteiger partial charge in [0.25, 0.3) is 5.91 Å². The van der Waals surface area contributed by atoms with Crippen LogP contribution < -0.4 is 0 Å². The molecular formula is C30H31N3O4S. The summed E-state index contributed by atoms with van der Waals surface area (Å²) in [5, 5.41) is 0.666. The Bertz CT molecular complexity index is 1400. The average molecular weight is 530 g/mol. The SMILES string of the molecule is CCOC(=O)c1cccc(-n2c(C)cc(/C=C3\SC(=Nc4ccccc4)N(C[C@H]4CCCO4)C3=O)c2C)c1. The van der Waals surface area contributed by atoms with Gasteiger partial charge in [0.1, 0.15) is 0 Å². The molecule has 2 aliphatic rings. The number of hydrogen-bond donors (Lipinski definition) is 0. The van der Waals surface area contributed by atoms with E-state index < -0.39 is 0 Å². The normalized spacial score (nSPS) is 19.6. The highest BCUT2D eigenvalue weighted by atomic mass is 32.2. The number of thioether (sulfide) groups is 1. The van der Waals surface area contributed by atoms with Crippen molar-refractivity contribution in [3.05, 3.63) is 88.1 Å². The van der Waals surface area contributed by atoms with Gasteiger partial charge in [0.05, 0.1) is 35.4 Å². The lowest BCUT2D eigenvalue weighted by molar-refractivity contribution is -0.123. The number of hydrogen-bond acceptors (Lipinski definition) is 6. The lowest BCUT2D eigenvalue weighted by atomic mass is 10.2. The maximum atomic E-state index is 13.6. The van der Waals surface area contributed by atoms with Crippen LogP contribution >= 0.6 is 11.8 Å². The Morgan fingerprint density at radius 3 is 2.71 bits per heavy atom. The van der Waals surface area contributed by atoms with Crippen LogP contribution in [0.15, 0.2) is 70.6 Å². The molecule has 1 amide bonds. The fraction of sp³-hybridized carbons (Fsp3) is 0.300. The highest BCUT2D eigenvalue weighted by molar-refractivity contribution is 8.18. The second kappa shape index (κ2) is 11.4. The topological polar surface area (TPSA) is 73.1 Å². The smallest absolute Gasteiger partial charge is 0.338 e. The lowest BCUT2D eigenvalue weighted by Gasteiger charge is -2.19. The second-order valence-electron chi connectivity index (χ2n) is 9.32. The van der Waals surface area contributed by atoms with Gasteiger partial charge in [-0.25, -0.2) is 9.79 Å². The van der Waals surface area contributed by atoms with E-state index in [1.807, 2.05) is 68.5 Å². The zero-order valence-electron chi connectivity index (χ0n) is 21.8. The van der Waals surface area contributed by atoms with Crippen LogP contribution in [0, 0.1) is 13.8 Å². The third-order valence-electron chi connectivity index (χ3n) is 6.65. The van der Waals surface area contributed by atoms with E-state index in [0.29, 0.717) is 28.8 Å². The summed E-state index contributed by atoms with van der Waals surface area (Å²) in [5.41, 5.74) is 5.10. The molecule has 0 unspecified atom stereocenters. The average Bonchev–Trinajstić information content (AvgIpc) is 3.61. The van der Waals surface area contributed by atoms with Crippen LogP contribution in [0.2, 0.25) is 0 Å². The number of aryl methyl sites for hydroxylation is 1. The molecule has 38 heavy (non-hydrogen) atoms. The Kier molecular flexibility index (Phi) is 7.81. The third-order valence-corrected chi connectivity index (χ3v) is 7.66. The number of esters is 1. The molecule has 0 spiro atoms. The largest absolute Gasteiger partial charge is 0.462 e. The summed E-state index contributed by atoms with van der Waals surface area (Å²) < 4.78 is 13.1. The summed E-state index contributed by atoms with van der Waals surface area (Å²) >= 11 is 1.39. The number of para-hydroxylation sites is 1. The van der Waals surface area contributed by atoms with E-state index in [4.69, 9.17) is 14.5 Å². The summed E-state index contributed by atoms with van der Waals surface area (Å²) in [4.78, 5) is 33.0. The molecule has 0 radical (unpaired) electrons. The first-order valence-corrected chi connectivity index (χ1v) is 13.7. The predicted molar refractivity (Wildman–Crippen MR) is 151 cm³/mol. The summed E-state index contributed by atoms with van der Waals surface area (Å²) in [6.45, 7) is 7.38. The van der Waals surface area contributed by atoms with Crippen molar-refractivity contribution in [2.45, 2.75) is 39.7 Å². The predicted octanol–water partition coefficient (Wildman–Crippen LogP) is 6.05. The van der Waals surface area contributed by atoms with Gasteiger partial charge in [-0.3, -0.25) is 9.69 Å². The maximum Gasteiger partial charge on any atom is 0.338 e. The molecule has 0 bridgehead atoms. The molecule has 196 valence electrons. The number of nitrogens with zero attached hydrogens (tertiary/aromatic N) is 3. The Morgan fingerprint density at radius 1 is 1.16 bits per heavy atom. The van der Waals surface area contributed by atoms with Crippen molar-refractivity contribution < 1.29 is 19.1 Å². The van der Waals surface area contributed by atoms with Crippen LogP contribution in [0.5, 0.6) is 0 Å². The standard InChI is InChI=1S/C30H31N3O4S/c1-4-36-29(35)22-10-8-13-25(17-22)33-20(2)16-23(21(33)3)18-27-28(34)32(19-26-14-9-15-37-26)30(38-27)31-24-11-6-5-7-12-24/h5-8,10-13,16-18,26H,4,9,14-15,19H2,1-3H3/b27-18-,31-30?/t26-/m1/s1. The second-order valence-corrected chi connectivity index (χ2v) is 10.3. The summed E-state index contributed by atoms with van der Waals surface area (Å²) in [7, 11) is 0. The van der Waals surface area contributed by atoms with E-state index in [9.17, 15) is 9.59 Å². The third kappa shape index (κ3) is 5.47. The molecule has 8 heteroatoms. The van der Waals surface area contributed by atoms with Crippen LogP contribution in [0.1, 0.15) is 47.1 Å². The number of carbonyl (C=O) groups excluding carboxylic acids is 2. The van der Waals surface area contributed by atoms with Gasteiger partial charge in [0.15, 0.2) is 5.17 Å². The maximum absolute atomic E-state index is 13.6. The van der Waals surface area contributed by atoms with Crippen molar-refractivity contribution >= 4 is 40.6 Å². The van der Waals surface area contributed by atoms with E-state index in [2.05, 4.69) is 10.6 Å². The summed E-state index contributed by atoms with van der Waals surface area (Å²) in [6.07, 6.45) is 3.92. The first-order valence-electron chi connectivity index (χ1n) is 12.9. The molecule has 3 aromatic rings. The van der Waals surface area contributed by atoms with Gasteiger partial charge in [-0.1, -0.05) is 24.3 Å². The van der Waals surface area contributed by atoms with Crippen molar-refractivity contribution in [3.8, 4) is 5.69 Å². The van der Waals surface area contributed by atoms with Crippen molar-refractivity contribution in [3.63, 3.8) is 0 Å². The van der Waals surface area contributed by atoms with Crippen molar-refractivity contribution in [2.75, 3.05) is 19.8 Å². The monoisotopic (exact) mass is 529 g/mol. The fourth-order valence-electron chi connectivity index (χ4n) is 4.82. The Labute approximate surface area is 227 Å². The molecule has 3 heterocycles. The van der Waals surface area contributed by atoms with E-state index in [1.54, 1.807) is 17.9 Å². The quantitative estimate of drug-likeness (QED) is 0.275. The molecule has 2 aliphatic heterocycles. The first kappa shape index (κ1) is 26.0. The fourth-order valence-corrected chi connectivity index (χ4v) is 5.81. The molecule has 7 nitrogen and oxygen atoms in total. The molecule has 2 fully saturated rings. The highest BCUT2D eigenvalue weighted by Gasteiger charge is 2.36. The van der Waals surface area contributed by atoms with Gasteiger partial charge < -0.3 is 14.0 Å². The minimum atomic E-state index is -0.344. The Balaban J connectivity index is 1.47. The Hall–Kier alpha value is -3.62. The van der Waals surface area contributed by atoms with Gasteiger partial charge >= 0.3 is 5.97 Å². The van der Waals surface area contributed by atoms with Crippen LogP contribution in [0.25, 0.3) is 11.8 Å². The number of ether oxygens (including phenoxy) is 2. The number of aliphatic imine (C=N–C) groups is 1. The van der Waals surface area contributed by atoms with Crippen molar-refractivity contribution in [1.82, 2.24) is 9.47 Å². The van der Waals surface area contributed by atoms with Crippen LogP contribution in [0.4, 0.5) is 5.69 Å². The Morgan fingerprint density at radius 2 is 1.97 bits per heavy atom. The molecule has 0 aliphatic carbocycles. The van der Waals surface area contributed by atoms with Crippen LogP contribution in [-0.2, 0) is 14.3 Å². The molecule has 1 atom stereocenters. The number of amides is 1. The van der Waals surface area contributed by atoms with Gasteiger partial charge in [0.2, 0.25) is 0 Å². The highest BCUT2D eigenvalue weighted by Crippen LogP contribution is 2.36. The minimum Gasteiger partial charge on any atom is -0.462 e. The molecule has 5 rings (SSSR count).